The zero-order valence-electron chi connectivity index (χ0n) is 13.9. The van der Waals surface area contributed by atoms with Crippen LogP contribution in [-0.4, -0.2) is 17.2 Å². The molecule has 1 unspecified atom stereocenters. The summed E-state index contributed by atoms with van der Waals surface area (Å²) in [5, 5.41) is 3.69. The molecule has 124 valence electrons. The first kappa shape index (κ1) is 15.9. The first-order valence-corrected chi connectivity index (χ1v) is 7.80. The molecule has 0 aliphatic carbocycles. The molecule has 3 aromatic rings. The first-order valence-electron chi connectivity index (χ1n) is 7.80. The van der Waals surface area contributed by atoms with Gasteiger partial charge in [0.2, 0.25) is 12.2 Å². The van der Waals surface area contributed by atoms with Crippen LogP contribution in [0.4, 0.5) is 5.69 Å². The molecule has 2 N–H and O–H groups in total. The van der Waals surface area contributed by atoms with E-state index in [4.69, 9.17) is 9.47 Å². The van der Waals surface area contributed by atoms with E-state index in [1.165, 1.54) is 12.5 Å². The highest BCUT2D eigenvalue weighted by Gasteiger charge is 2.10. The van der Waals surface area contributed by atoms with Gasteiger partial charge in [-0.2, -0.15) is 0 Å². The summed E-state index contributed by atoms with van der Waals surface area (Å²) in [5.74, 6) is 1.32. The van der Waals surface area contributed by atoms with Crippen LogP contribution in [-0.2, 0) is 4.79 Å². The van der Waals surface area contributed by atoms with E-state index >= 15 is 0 Å². The summed E-state index contributed by atoms with van der Waals surface area (Å²) in [4.78, 5) is 14.4. The molecule has 1 atom stereocenters. The number of amides is 1. The van der Waals surface area contributed by atoms with Gasteiger partial charge in [0.1, 0.15) is 11.5 Å². The molecule has 1 heterocycles. The third-order valence-electron chi connectivity index (χ3n) is 3.59. The molecule has 0 fully saturated rings. The molecule has 0 aliphatic rings. The van der Waals surface area contributed by atoms with Crippen molar-refractivity contribution in [3.63, 3.8) is 0 Å². The van der Waals surface area contributed by atoms with Gasteiger partial charge in [-0.25, -0.2) is 0 Å². The monoisotopic (exact) mass is 324 g/mol. The van der Waals surface area contributed by atoms with Gasteiger partial charge in [0, 0.05) is 30.9 Å². The quantitative estimate of drug-likeness (QED) is 0.690. The number of aromatic nitrogens is 1. The second-order valence-electron chi connectivity index (χ2n) is 5.71. The minimum Gasteiger partial charge on any atom is -0.455 e. The maximum atomic E-state index is 11.3. The number of fused-ring (bicyclic) bond motifs is 1. The summed E-state index contributed by atoms with van der Waals surface area (Å²) in [6, 6.07) is 13.5. The Labute approximate surface area is 140 Å². The molecule has 3 rings (SSSR count). The van der Waals surface area contributed by atoms with Crippen molar-refractivity contribution in [2.45, 2.75) is 27.1 Å². The van der Waals surface area contributed by atoms with Gasteiger partial charge in [0.25, 0.3) is 0 Å². The third kappa shape index (κ3) is 3.68. The van der Waals surface area contributed by atoms with Crippen molar-refractivity contribution < 1.29 is 14.3 Å². The molecule has 2 aromatic carbocycles. The van der Waals surface area contributed by atoms with Crippen molar-refractivity contribution in [1.29, 1.82) is 0 Å². The molecular weight excluding hydrogens is 304 g/mol. The number of carbonyl (C=O) groups is 1. The molecule has 0 saturated heterocycles. The number of rotatable bonds is 5. The number of benzene rings is 2. The van der Waals surface area contributed by atoms with E-state index in [0.29, 0.717) is 5.75 Å². The van der Waals surface area contributed by atoms with Crippen molar-refractivity contribution in [3.05, 3.63) is 54.2 Å². The van der Waals surface area contributed by atoms with Crippen LogP contribution in [0.15, 0.2) is 48.7 Å². The lowest BCUT2D eigenvalue weighted by atomic mass is 10.2. The Balaban J connectivity index is 1.74. The van der Waals surface area contributed by atoms with E-state index in [0.717, 1.165) is 22.3 Å². The highest BCUT2D eigenvalue weighted by molar-refractivity contribution is 6.01. The van der Waals surface area contributed by atoms with Gasteiger partial charge < -0.3 is 19.8 Å². The van der Waals surface area contributed by atoms with Crippen LogP contribution < -0.4 is 14.8 Å². The molecule has 0 spiro atoms. The Morgan fingerprint density at radius 1 is 1.08 bits per heavy atom. The van der Waals surface area contributed by atoms with Gasteiger partial charge in [-0.15, -0.1) is 0 Å². The van der Waals surface area contributed by atoms with E-state index in [9.17, 15) is 4.79 Å². The number of aromatic amines is 1. The van der Waals surface area contributed by atoms with E-state index in [1.807, 2.05) is 56.3 Å². The van der Waals surface area contributed by atoms with Gasteiger partial charge in [0.15, 0.2) is 0 Å². The highest BCUT2D eigenvalue weighted by Crippen LogP contribution is 2.28. The van der Waals surface area contributed by atoms with Gasteiger partial charge in [-0.3, -0.25) is 4.79 Å². The van der Waals surface area contributed by atoms with E-state index in [2.05, 4.69) is 10.3 Å². The topological polar surface area (TPSA) is 63.4 Å². The van der Waals surface area contributed by atoms with E-state index in [-0.39, 0.29) is 5.91 Å². The number of hydrogen-bond acceptors (Lipinski definition) is 3. The first-order chi connectivity index (χ1) is 11.5. The van der Waals surface area contributed by atoms with Crippen molar-refractivity contribution >= 4 is 22.5 Å². The molecular formula is C19H20N2O3. The van der Waals surface area contributed by atoms with Crippen LogP contribution in [0.25, 0.3) is 10.9 Å². The Morgan fingerprint density at radius 3 is 2.46 bits per heavy atom. The number of hydrogen-bond donors (Lipinski definition) is 2. The molecule has 0 aliphatic heterocycles. The Hall–Kier alpha value is -2.95. The third-order valence-corrected chi connectivity index (χ3v) is 3.59. The van der Waals surface area contributed by atoms with E-state index < -0.39 is 6.29 Å². The molecule has 0 saturated carbocycles. The summed E-state index contributed by atoms with van der Waals surface area (Å²) >= 11 is 0. The van der Waals surface area contributed by atoms with Crippen molar-refractivity contribution in [2.24, 2.45) is 0 Å². The number of carbonyl (C=O) groups excluding carboxylic acids is 1. The second kappa shape index (κ2) is 6.66. The average molecular weight is 324 g/mol. The number of nitrogens with one attached hydrogen (secondary N) is 2. The van der Waals surface area contributed by atoms with Gasteiger partial charge in [0.05, 0.1) is 5.69 Å². The fraction of sp³-hybridized carbons (Fsp3) is 0.211. The minimum atomic E-state index is -0.437. The summed E-state index contributed by atoms with van der Waals surface area (Å²) in [6.07, 6.45) is 1.33. The predicted octanol–water partition coefficient (Wildman–Crippen LogP) is 4.24. The van der Waals surface area contributed by atoms with Gasteiger partial charge in [-0.1, -0.05) is 17.7 Å². The lowest BCUT2D eigenvalue weighted by Gasteiger charge is -2.17. The molecule has 1 amide bonds. The summed E-state index contributed by atoms with van der Waals surface area (Å²) in [7, 11) is 0. The molecule has 0 bridgehead atoms. The Bertz CT molecular complexity index is 853. The van der Waals surface area contributed by atoms with E-state index in [1.54, 1.807) is 6.20 Å². The summed E-state index contributed by atoms with van der Waals surface area (Å²) in [6.45, 7) is 5.36. The Morgan fingerprint density at radius 2 is 1.75 bits per heavy atom. The molecule has 5 nitrogen and oxygen atoms in total. The van der Waals surface area contributed by atoms with Crippen molar-refractivity contribution in [1.82, 2.24) is 4.98 Å². The lowest BCUT2D eigenvalue weighted by Crippen LogP contribution is -2.19. The van der Waals surface area contributed by atoms with Crippen molar-refractivity contribution in [2.75, 3.05) is 5.32 Å². The second-order valence-corrected chi connectivity index (χ2v) is 5.71. The van der Waals surface area contributed by atoms with Crippen LogP contribution in [0.3, 0.4) is 0 Å². The SMILES string of the molecule is CC(=O)Nc1c[nH]c2ccc(OC(C)Oc3ccc(C)cc3)cc12. The van der Waals surface area contributed by atoms with Crippen molar-refractivity contribution in [3.8, 4) is 11.5 Å². The van der Waals surface area contributed by atoms with Crippen LogP contribution in [0.1, 0.15) is 19.4 Å². The minimum absolute atomic E-state index is 0.113. The lowest BCUT2D eigenvalue weighted by molar-refractivity contribution is -0.114. The molecule has 1 aromatic heterocycles. The van der Waals surface area contributed by atoms with Gasteiger partial charge in [-0.05, 0) is 37.3 Å². The number of H-pyrrole nitrogens is 1. The normalized spacial score (nSPS) is 12.0. The fourth-order valence-corrected chi connectivity index (χ4v) is 2.49. The van der Waals surface area contributed by atoms with Gasteiger partial charge >= 0.3 is 0 Å². The maximum Gasteiger partial charge on any atom is 0.238 e. The Kier molecular flexibility index (Phi) is 4.42. The number of ether oxygens (including phenoxy) is 2. The van der Waals surface area contributed by atoms with Crippen LogP contribution in [0.2, 0.25) is 0 Å². The number of aryl methyl sites for hydroxylation is 1. The zero-order valence-corrected chi connectivity index (χ0v) is 13.9. The van der Waals surface area contributed by atoms with Crippen LogP contribution in [0, 0.1) is 6.92 Å². The molecule has 0 radical (unpaired) electrons. The van der Waals surface area contributed by atoms with Crippen LogP contribution >= 0.6 is 0 Å². The van der Waals surface area contributed by atoms with Crippen LogP contribution in [0.5, 0.6) is 11.5 Å². The molecule has 24 heavy (non-hydrogen) atoms. The number of anilines is 1. The molecule has 5 heteroatoms. The average Bonchev–Trinajstić information content (AvgIpc) is 2.91. The summed E-state index contributed by atoms with van der Waals surface area (Å²) in [5.41, 5.74) is 2.84. The largest absolute Gasteiger partial charge is 0.455 e. The maximum absolute atomic E-state index is 11.3. The highest BCUT2D eigenvalue weighted by atomic mass is 16.7. The summed E-state index contributed by atoms with van der Waals surface area (Å²) < 4.78 is 11.6. The predicted molar refractivity (Wildman–Crippen MR) is 94.5 cm³/mol. The fourth-order valence-electron chi connectivity index (χ4n) is 2.49. The smallest absolute Gasteiger partial charge is 0.238 e. The zero-order chi connectivity index (χ0) is 17.1. The standard InChI is InChI=1S/C19H20N2O3/c1-12-4-6-15(7-5-12)23-14(3)24-16-8-9-18-17(10-16)19(11-20-18)21-13(2)22/h4-11,14,20H,1-3H3,(H,21,22).